The van der Waals surface area contributed by atoms with E-state index < -0.39 is 23.9 Å². The highest BCUT2D eigenvalue weighted by atomic mass is 35.5. The van der Waals surface area contributed by atoms with Crippen LogP contribution in [0.3, 0.4) is 0 Å². The molecule has 8 heterocycles. The number of pyridine rings is 4. The second kappa shape index (κ2) is 32.7. The number of hydrogen-bond acceptors (Lipinski definition) is 14. The van der Waals surface area contributed by atoms with Gasteiger partial charge in [-0.15, -0.1) is 0 Å². The molecule has 108 heavy (non-hydrogen) atoms. The van der Waals surface area contributed by atoms with Crippen LogP contribution in [0.5, 0.6) is 11.5 Å². The van der Waals surface area contributed by atoms with Crippen LogP contribution < -0.4 is 9.47 Å². The Labute approximate surface area is 631 Å². The van der Waals surface area contributed by atoms with E-state index in [2.05, 4.69) is 29.5 Å². The van der Waals surface area contributed by atoms with Crippen molar-refractivity contribution in [1.29, 1.82) is 0 Å². The zero-order valence-corrected chi connectivity index (χ0v) is 60.1. The lowest BCUT2D eigenvalue weighted by atomic mass is 10.1. The van der Waals surface area contributed by atoms with Crippen molar-refractivity contribution in [3.8, 4) is 57.6 Å². The number of nitrogens with zero attached hydrogens (tertiary/aromatic N) is 12. The van der Waals surface area contributed by atoms with Gasteiger partial charge in [-0.3, -0.25) is 19.9 Å². The maximum absolute atomic E-state index is 11.4. The summed E-state index contributed by atoms with van der Waals surface area (Å²) in [6, 6.07) is 69.9. The van der Waals surface area contributed by atoms with Crippen LogP contribution in [0, 0.1) is 6.92 Å². The number of ether oxygens (including phenoxy) is 2. The lowest BCUT2D eigenvalue weighted by molar-refractivity contribution is 0.0686. The molecule has 0 bridgehead atoms. The van der Waals surface area contributed by atoms with Gasteiger partial charge in [0.25, 0.3) is 0 Å². The topological polar surface area (TPSA) is 290 Å². The van der Waals surface area contributed by atoms with Gasteiger partial charge in [0.1, 0.15) is 34.3 Å². The number of benzene rings is 8. The number of aromatic carboxylic acids is 4. The number of para-hydroxylation sites is 8. The number of rotatable bonds is 18. The Kier molecular flexibility index (Phi) is 22.1. The average Bonchev–Trinajstić information content (AvgIpc) is 1.65. The summed E-state index contributed by atoms with van der Waals surface area (Å²) >= 11 is 18.1. The molecule has 0 radical (unpaired) electrons. The molecule has 536 valence electrons. The molecule has 16 aromatic rings. The third-order valence-corrected chi connectivity index (χ3v) is 18.2. The largest absolute Gasteiger partial charge is 0.497 e. The first-order valence-electron chi connectivity index (χ1n) is 33.4. The third-order valence-electron chi connectivity index (χ3n) is 17.5. The molecular formula is C83H63Cl3N12O10. The number of imidazole rings is 4. The van der Waals surface area contributed by atoms with Crippen molar-refractivity contribution >= 4 is 103 Å². The number of carboxylic acid groups (broad SMARTS) is 4. The predicted molar refractivity (Wildman–Crippen MR) is 415 cm³/mol. The Balaban J connectivity index is 0.000000127. The molecule has 0 amide bonds. The van der Waals surface area contributed by atoms with E-state index in [4.69, 9.17) is 59.2 Å². The lowest BCUT2D eigenvalue weighted by Gasteiger charge is -2.13. The fourth-order valence-corrected chi connectivity index (χ4v) is 12.7. The van der Waals surface area contributed by atoms with E-state index in [-0.39, 0.29) is 22.3 Å². The molecule has 16 rings (SSSR count). The molecule has 0 unspecified atom stereocenters. The van der Waals surface area contributed by atoms with Gasteiger partial charge in [0, 0.05) is 65.1 Å². The molecule has 8 aromatic heterocycles. The second-order valence-corrected chi connectivity index (χ2v) is 25.8. The fourth-order valence-electron chi connectivity index (χ4n) is 12.2. The van der Waals surface area contributed by atoms with Crippen molar-refractivity contribution in [3.63, 3.8) is 0 Å². The van der Waals surface area contributed by atoms with Crippen LogP contribution in [-0.2, 0) is 26.2 Å². The van der Waals surface area contributed by atoms with Gasteiger partial charge in [0.2, 0.25) is 0 Å². The van der Waals surface area contributed by atoms with Crippen molar-refractivity contribution in [2.75, 3.05) is 14.2 Å². The van der Waals surface area contributed by atoms with Gasteiger partial charge in [-0.2, -0.15) is 0 Å². The maximum Gasteiger partial charge on any atom is 0.335 e. The molecule has 0 atom stereocenters. The average molecular weight is 1490 g/mol. The van der Waals surface area contributed by atoms with Crippen LogP contribution in [0.2, 0.25) is 15.1 Å². The van der Waals surface area contributed by atoms with E-state index in [9.17, 15) is 39.6 Å². The molecule has 0 fully saturated rings. The number of carbonyl (C=O) groups is 4. The van der Waals surface area contributed by atoms with Crippen LogP contribution in [0.15, 0.2) is 255 Å². The molecule has 4 N–H and O–H groups in total. The van der Waals surface area contributed by atoms with E-state index in [1.165, 1.54) is 55.1 Å². The first kappa shape index (κ1) is 72.9. The monoisotopic (exact) mass is 1490 g/mol. The van der Waals surface area contributed by atoms with E-state index in [0.29, 0.717) is 93.1 Å². The lowest BCUT2D eigenvalue weighted by Crippen LogP contribution is -2.05. The number of halogens is 3. The van der Waals surface area contributed by atoms with Gasteiger partial charge in [-0.1, -0.05) is 120 Å². The summed E-state index contributed by atoms with van der Waals surface area (Å²) in [7, 11) is 3.23. The fraction of sp³-hybridized carbons (Fsp3) is 0.0843. The molecule has 0 aliphatic rings. The minimum atomic E-state index is -1.01. The Hall–Kier alpha value is -13.4. The van der Waals surface area contributed by atoms with Gasteiger partial charge in [-0.25, -0.2) is 39.1 Å². The van der Waals surface area contributed by atoms with E-state index in [1.54, 1.807) is 38.5 Å². The summed E-state index contributed by atoms with van der Waals surface area (Å²) in [5, 5.41) is 39.1. The quantitative estimate of drug-likeness (QED) is 0.0621. The summed E-state index contributed by atoms with van der Waals surface area (Å²) in [4.78, 5) is 81.5. The van der Waals surface area contributed by atoms with Crippen molar-refractivity contribution in [1.82, 2.24) is 58.1 Å². The summed E-state index contributed by atoms with van der Waals surface area (Å²) in [5.74, 6) is -0.0332. The summed E-state index contributed by atoms with van der Waals surface area (Å²) in [6.07, 6.45) is 5.96. The number of hydrogen-bond donors (Lipinski definition) is 4. The summed E-state index contributed by atoms with van der Waals surface area (Å²) in [5.41, 5.74) is 15.1. The molecular weight excluding hydrogens is 1430 g/mol. The van der Waals surface area contributed by atoms with Crippen LogP contribution in [0.4, 0.5) is 0 Å². The van der Waals surface area contributed by atoms with Gasteiger partial charge in [-0.05, 0) is 175 Å². The second-order valence-electron chi connectivity index (χ2n) is 24.5. The molecule has 22 nitrogen and oxygen atoms in total. The van der Waals surface area contributed by atoms with E-state index in [0.717, 1.165) is 77.7 Å². The number of carboxylic acids is 4. The third kappa shape index (κ3) is 16.6. The van der Waals surface area contributed by atoms with Gasteiger partial charge >= 0.3 is 23.9 Å². The molecule has 0 saturated heterocycles. The number of methoxy groups -OCH3 is 2. The zero-order chi connectivity index (χ0) is 75.5. The molecule has 0 aliphatic carbocycles. The van der Waals surface area contributed by atoms with Crippen molar-refractivity contribution in [2.45, 2.75) is 33.1 Å². The normalized spacial score (nSPS) is 10.9. The first-order chi connectivity index (χ1) is 52.4. The summed E-state index contributed by atoms with van der Waals surface area (Å²) in [6.45, 7) is 4.22. The number of aromatic nitrogens is 12. The van der Waals surface area contributed by atoms with Crippen LogP contribution >= 0.6 is 34.8 Å². The molecule has 8 aromatic carbocycles. The van der Waals surface area contributed by atoms with Crippen molar-refractivity contribution < 1.29 is 49.1 Å². The highest BCUT2D eigenvalue weighted by Gasteiger charge is 2.22. The van der Waals surface area contributed by atoms with Crippen LogP contribution in [-0.4, -0.2) is 117 Å². The number of fused-ring (bicyclic) bond motifs is 4. The predicted octanol–water partition coefficient (Wildman–Crippen LogP) is 17.7. The summed E-state index contributed by atoms with van der Waals surface area (Å²) < 4.78 is 18.8. The van der Waals surface area contributed by atoms with Crippen LogP contribution in [0.25, 0.3) is 90.2 Å². The van der Waals surface area contributed by atoms with Gasteiger partial charge in [0.15, 0.2) is 23.3 Å². The maximum atomic E-state index is 11.4. The van der Waals surface area contributed by atoms with E-state index in [1.807, 2.05) is 197 Å². The Morgan fingerprint density at radius 3 is 0.981 bits per heavy atom. The molecule has 0 spiro atoms. The smallest absolute Gasteiger partial charge is 0.335 e. The zero-order valence-electron chi connectivity index (χ0n) is 57.8. The Morgan fingerprint density at radius 2 is 0.648 bits per heavy atom. The van der Waals surface area contributed by atoms with Crippen LogP contribution in [0.1, 0.15) is 69.2 Å². The van der Waals surface area contributed by atoms with Crippen molar-refractivity contribution in [3.05, 3.63) is 320 Å². The van der Waals surface area contributed by atoms with Crippen molar-refractivity contribution in [2.24, 2.45) is 0 Å². The highest BCUT2D eigenvalue weighted by molar-refractivity contribution is 6.31. The SMILES string of the molecule is COc1cc(Cl)ccc1Cn1c(-c2cc(C(=O)O)ccn2)nc2ccccc21.COc1ccc(Cn2c(-c3cc(C(=O)O)ccn3)nc3ccccc32)cc1.Cc1cc(Cl)ccc1Cn1c(-c2cc(C(=O)O)ccn2)nc2ccccc21.O=C(O)c1ccnc(-c2nc3ccccc3n2Cc2ccc(Cl)cc2)c1. The number of aryl methyl sites for hydroxylation is 1. The van der Waals surface area contributed by atoms with Gasteiger partial charge < -0.3 is 48.2 Å². The highest BCUT2D eigenvalue weighted by Crippen LogP contribution is 2.33. The van der Waals surface area contributed by atoms with Gasteiger partial charge in [0.05, 0.1) is 87.2 Å². The Morgan fingerprint density at radius 1 is 0.343 bits per heavy atom. The Bertz CT molecular complexity index is 6040. The van der Waals surface area contributed by atoms with E-state index >= 15 is 0 Å². The molecule has 0 saturated carbocycles. The standard InChI is InChI=1S/C21H16ClN3O3.C21H16ClN3O2.C21H17N3O3.C20H14ClN3O2/c1-28-19-11-15(22)7-6-14(19)12-25-18-5-3-2-4-16(18)24-20(25)17-10-13(21(26)27)8-9-23-17;1-13-10-16(22)7-6-15(13)12-25-19-5-3-2-4-17(19)24-20(25)18-11-14(21(26)27)8-9-23-18;1-27-16-8-6-14(7-9-16)13-24-19-5-3-2-4-17(19)23-20(24)18-12-15(21(25)26)10-11-22-18;21-15-7-5-13(6-8-15)12-24-18-4-2-1-3-16(18)23-19(24)17-11-14(20(25)26)9-10-22-17/h2-11H,12H2,1H3,(H,26,27);2-11H,12H2,1H3,(H,26,27);2-12H,13H2,1H3,(H,25,26);1-11H,12H2,(H,25,26). The first-order valence-corrected chi connectivity index (χ1v) is 34.5. The molecule has 25 heteroatoms. The molecule has 0 aliphatic heterocycles. The minimum absolute atomic E-state index is 0.160. The minimum Gasteiger partial charge on any atom is -0.497 e.